The van der Waals surface area contributed by atoms with Crippen LogP contribution in [0.2, 0.25) is 0 Å². The Morgan fingerprint density at radius 2 is 1.97 bits per heavy atom. The standard InChI is InChI=1S/C23H29N3O3/c1-16(27)24-13-21-19-12-18(20-8-5-9-23(29)26(20)21)14-25(15-19)11-10-22(28)17-6-3-2-4-7-17/h2-9,18-19,21-22,28H,10-15H2,1H3,(H,24,27)/t18-,19+,21+,22-/m1/s1. The molecule has 6 heteroatoms. The summed E-state index contributed by atoms with van der Waals surface area (Å²) < 4.78 is 1.91. The Morgan fingerprint density at radius 3 is 2.72 bits per heavy atom. The first-order valence-corrected chi connectivity index (χ1v) is 10.4. The van der Waals surface area contributed by atoms with E-state index in [0.717, 1.165) is 37.3 Å². The molecule has 0 saturated carbocycles. The lowest BCUT2D eigenvalue weighted by atomic mass is 9.78. The van der Waals surface area contributed by atoms with E-state index in [1.165, 1.54) is 6.92 Å². The van der Waals surface area contributed by atoms with Gasteiger partial charge in [-0.25, -0.2) is 0 Å². The number of piperidine rings is 1. The highest BCUT2D eigenvalue weighted by Crippen LogP contribution is 2.41. The van der Waals surface area contributed by atoms with Crippen molar-refractivity contribution in [3.8, 4) is 0 Å². The summed E-state index contributed by atoms with van der Waals surface area (Å²) in [6.07, 6.45) is 1.25. The van der Waals surface area contributed by atoms with Gasteiger partial charge in [0.15, 0.2) is 0 Å². The fraction of sp³-hybridized carbons (Fsp3) is 0.478. The molecule has 0 unspecified atom stereocenters. The third-order valence-corrected chi connectivity index (χ3v) is 6.34. The molecule has 2 bridgehead atoms. The van der Waals surface area contributed by atoms with Crippen molar-refractivity contribution >= 4 is 5.91 Å². The Kier molecular flexibility index (Phi) is 5.83. The molecule has 0 aliphatic carbocycles. The van der Waals surface area contributed by atoms with Crippen molar-refractivity contribution in [3.63, 3.8) is 0 Å². The highest BCUT2D eigenvalue weighted by molar-refractivity contribution is 5.72. The van der Waals surface area contributed by atoms with Gasteiger partial charge in [-0.05, 0) is 30.4 Å². The van der Waals surface area contributed by atoms with Crippen molar-refractivity contribution in [1.29, 1.82) is 0 Å². The molecular formula is C23H29N3O3. The van der Waals surface area contributed by atoms with Gasteiger partial charge in [0.2, 0.25) is 5.91 Å². The fourth-order valence-corrected chi connectivity index (χ4v) is 4.98. The second-order valence-electron chi connectivity index (χ2n) is 8.33. The lowest BCUT2D eigenvalue weighted by Gasteiger charge is -2.47. The molecule has 2 aliphatic heterocycles. The van der Waals surface area contributed by atoms with Crippen molar-refractivity contribution < 1.29 is 9.90 Å². The number of hydrogen-bond donors (Lipinski definition) is 2. The minimum atomic E-state index is -0.469. The minimum Gasteiger partial charge on any atom is -0.388 e. The lowest BCUT2D eigenvalue weighted by Crippen LogP contribution is -2.52. The monoisotopic (exact) mass is 395 g/mol. The van der Waals surface area contributed by atoms with Crippen LogP contribution in [0.3, 0.4) is 0 Å². The van der Waals surface area contributed by atoms with Gasteiger partial charge in [-0.2, -0.15) is 0 Å². The van der Waals surface area contributed by atoms with Gasteiger partial charge in [-0.1, -0.05) is 36.4 Å². The molecule has 29 heavy (non-hydrogen) atoms. The number of pyridine rings is 1. The van der Waals surface area contributed by atoms with Crippen LogP contribution in [0.25, 0.3) is 0 Å². The van der Waals surface area contributed by atoms with Gasteiger partial charge in [0, 0.05) is 50.8 Å². The van der Waals surface area contributed by atoms with Crippen molar-refractivity contribution in [1.82, 2.24) is 14.8 Å². The van der Waals surface area contributed by atoms with E-state index in [0.29, 0.717) is 24.8 Å². The van der Waals surface area contributed by atoms with Crippen LogP contribution in [0.5, 0.6) is 0 Å². The fourth-order valence-electron chi connectivity index (χ4n) is 4.98. The van der Waals surface area contributed by atoms with Crippen molar-refractivity contribution in [2.75, 3.05) is 26.2 Å². The van der Waals surface area contributed by atoms with Crippen LogP contribution in [0, 0.1) is 5.92 Å². The summed E-state index contributed by atoms with van der Waals surface area (Å²) in [6, 6.07) is 15.2. The molecule has 1 aromatic carbocycles. The summed E-state index contributed by atoms with van der Waals surface area (Å²) in [7, 11) is 0. The summed E-state index contributed by atoms with van der Waals surface area (Å²) in [5.41, 5.74) is 2.03. The normalized spacial score (nSPS) is 24.6. The maximum atomic E-state index is 12.6. The molecule has 1 aromatic heterocycles. The SMILES string of the molecule is CC(=O)NC[C@H]1[C@H]2C[C@H](CN(CC[C@@H](O)c3ccccc3)C2)c2cccc(=O)n21. The summed E-state index contributed by atoms with van der Waals surface area (Å²) in [5.74, 6) is 0.545. The number of aromatic nitrogens is 1. The number of nitrogens with one attached hydrogen (secondary N) is 1. The molecule has 6 nitrogen and oxygen atoms in total. The molecule has 0 spiro atoms. The van der Waals surface area contributed by atoms with E-state index in [9.17, 15) is 14.7 Å². The molecule has 3 heterocycles. The average Bonchev–Trinajstić information content (AvgIpc) is 2.73. The number of fused-ring (bicyclic) bond motifs is 4. The van der Waals surface area contributed by atoms with Gasteiger partial charge in [0.1, 0.15) is 0 Å². The topological polar surface area (TPSA) is 74.6 Å². The van der Waals surface area contributed by atoms with E-state index in [-0.39, 0.29) is 17.5 Å². The molecule has 2 aromatic rings. The van der Waals surface area contributed by atoms with E-state index in [2.05, 4.69) is 10.2 Å². The average molecular weight is 396 g/mol. The molecule has 0 radical (unpaired) electrons. The number of likely N-dealkylation sites (tertiary alicyclic amines) is 1. The lowest BCUT2D eigenvalue weighted by molar-refractivity contribution is -0.119. The van der Waals surface area contributed by atoms with E-state index >= 15 is 0 Å². The third kappa shape index (κ3) is 4.28. The number of aliphatic hydroxyl groups excluding tert-OH is 1. The second kappa shape index (κ2) is 8.51. The maximum Gasteiger partial charge on any atom is 0.251 e. The van der Waals surface area contributed by atoms with Crippen LogP contribution in [0.1, 0.15) is 49.1 Å². The van der Waals surface area contributed by atoms with Gasteiger partial charge >= 0.3 is 0 Å². The zero-order valence-electron chi connectivity index (χ0n) is 16.8. The van der Waals surface area contributed by atoms with E-state index < -0.39 is 6.10 Å². The van der Waals surface area contributed by atoms with Gasteiger partial charge in [0.25, 0.3) is 5.56 Å². The Balaban J connectivity index is 1.50. The highest BCUT2D eigenvalue weighted by Gasteiger charge is 2.40. The highest BCUT2D eigenvalue weighted by atomic mass is 16.3. The summed E-state index contributed by atoms with van der Waals surface area (Å²) in [6.45, 7) is 4.58. The van der Waals surface area contributed by atoms with Crippen LogP contribution >= 0.6 is 0 Å². The molecule has 1 fully saturated rings. The molecular weight excluding hydrogens is 366 g/mol. The summed E-state index contributed by atoms with van der Waals surface area (Å²) in [5, 5.41) is 13.4. The molecule has 1 saturated heterocycles. The summed E-state index contributed by atoms with van der Waals surface area (Å²) in [4.78, 5) is 26.5. The van der Waals surface area contributed by atoms with Crippen LogP contribution < -0.4 is 10.9 Å². The van der Waals surface area contributed by atoms with E-state index in [1.54, 1.807) is 6.07 Å². The van der Waals surface area contributed by atoms with Crippen LogP contribution in [-0.4, -0.2) is 46.7 Å². The smallest absolute Gasteiger partial charge is 0.251 e. The van der Waals surface area contributed by atoms with Gasteiger partial charge < -0.3 is 19.9 Å². The van der Waals surface area contributed by atoms with E-state index in [4.69, 9.17) is 0 Å². The quantitative estimate of drug-likeness (QED) is 0.785. The first-order valence-electron chi connectivity index (χ1n) is 10.4. The Hall–Kier alpha value is -2.44. The molecule has 4 atom stereocenters. The van der Waals surface area contributed by atoms with Crippen LogP contribution in [-0.2, 0) is 4.79 Å². The Labute approximate surface area is 171 Å². The maximum absolute atomic E-state index is 12.6. The molecule has 2 N–H and O–H groups in total. The van der Waals surface area contributed by atoms with Crippen LogP contribution in [0.15, 0.2) is 53.3 Å². The first-order chi connectivity index (χ1) is 14.0. The largest absolute Gasteiger partial charge is 0.388 e. The number of nitrogens with zero attached hydrogens (tertiary/aromatic N) is 2. The number of hydrogen-bond acceptors (Lipinski definition) is 4. The molecule has 154 valence electrons. The van der Waals surface area contributed by atoms with Gasteiger partial charge in [-0.3, -0.25) is 9.59 Å². The number of rotatable bonds is 6. The van der Waals surface area contributed by atoms with Crippen molar-refractivity contribution in [2.45, 2.75) is 37.8 Å². The number of amides is 1. The molecule has 1 amide bonds. The Bertz CT molecular complexity index is 911. The molecule has 2 aliphatic rings. The van der Waals surface area contributed by atoms with Crippen molar-refractivity contribution in [2.24, 2.45) is 5.92 Å². The molecule has 4 rings (SSSR count). The first kappa shape index (κ1) is 19.9. The zero-order valence-corrected chi connectivity index (χ0v) is 16.8. The van der Waals surface area contributed by atoms with Gasteiger partial charge in [-0.15, -0.1) is 0 Å². The number of aliphatic hydroxyl groups is 1. The third-order valence-electron chi connectivity index (χ3n) is 6.34. The number of carbonyl (C=O) groups excluding carboxylic acids is 1. The van der Waals surface area contributed by atoms with Crippen molar-refractivity contribution in [3.05, 3.63) is 70.1 Å². The number of benzene rings is 1. The number of carbonyl (C=O) groups is 1. The van der Waals surface area contributed by atoms with E-state index in [1.807, 2.05) is 47.0 Å². The zero-order chi connectivity index (χ0) is 20.4. The predicted molar refractivity (Wildman–Crippen MR) is 112 cm³/mol. The summed E-state index contributed by atoms with van der Waals surface area (Å²) >= 11 is 0. The predicted octanol–water partition coefficient (Wildman–Crippen LogP) is 2.07. The van der Waals surface area contributed by atoms with Gasteiger partial charge in [0.05, 0.1) is 12.1 Å². The van der Waals surface area contributed by atoms with Crippen LogP contribution in [0.4, 0.5) is 0 Å². The second-order valence-corrected chi connectivity index (χ2v) is 8.33. The Morgan fingerprint density at radius 1 is 1.17 bits per heavy atom. The minimum absolute atomic E-state index is 0.0144.